The van der Waals surface area contributed by atoms with E-state index in [2.05, 4.69) is 15.3 Å². The maximum atomic E-state index is 13.2. The van der Waals surface area contributed by atoms with Crippen molar-refractivity contribution in [1.82, 2.24) is 14.9 Å². The monoisotopic (exact) mass is 429 g/mol. The van der Waals surface area contributed by atoms with Crippen molar-refractivity contribution in [2.24, 2.45) is 0 Å². The van der Waals surface area contributed by atoms with Gasteiger partial charge in [-0.25, -0.2) is 4.98 Å². The van der Waals surface area contributed by atoms with Gasteiger partial charge in [-0.3, -0.25) is 14.6 Å². The number of pyridine rings is 2. The van der Waals surface area contributed by atoms with E-state index >= 15 is 0 Å². The van der Waals surface area contributed by atoms with Crippen molar-refractivity contribution in [3.63, 3.8) is 0 Å². The molecule has 2 aliphatic heterocycles. The maximum absolute atomic E-state index is 13.2. The van der Waals surface area contributed by atoms with E-state index in [0.29, 0.717) is 36.7 Å². The van der Waals surface area contributed by atoms with E-state index in [1.165, 1.54) is 0 Å². The van der Waals surface area contributed by atoms with E-state index in [0.717, 1.165) is 29.0 Å². The number of carbonyl (C=O) groups excluding carboxylic acids is 2. The minimum atomic E-state index is -0.0998. The number of nitrogens with one attached hydrogen (secondary N) is 1. The van der Waals surface area contributed by atoms with Gasteiger partial charge in [0.2, 0.25) is 5.91 Å². The number of rotatable bonds is 4. The molecule has 0 saturated carbocycles. The molecule has 0 aliphatic carbocycles. The lowest BCUT2D eigenvalue weighted by Crippen LogP contribution is -2.40. The highest BCUT2D eigenvalue weighted by atomic mass is 16.5. The van der Waals surface area contributed by atoms with Gasteiger partial charge in [0.15, 0.2) is 5.82 Å². The van der Waals surface area contributed by atoms with Crippen molar-refractivity contribution in [2.75, 3.05) is 30.4 Å². The number of benzene rings is 1. The number of carbonyl (C=O) groups is 2. The Morgan fingerprint density at radius 1 is 1.19 bits per heavy atom. The van der Waals surface area contributed by atoms with E-state index in [1.54, 1.807) is 35.4 Å². The van der Waals surface area contributed by atoms with E-state index in [-0.39, 0.29) is 18.4 Å². The van der Waals surface area contributed by atoms with E-state index in [1.807, 2.05) is 36.4 Å². The van der Waals surface area contributed by atoms with Crippen LogP contribution in [0.15, 0.2) is 54.9 Å². The summed E-state index contributed by atoms with van der Waals surface area (Å²) in [5.41, 5.74) is 4.15. The number of hydrogen-bond acceptors (Lipinski definition) is 6. The van der Waals surface area contributed by atoms with Crippen LogP contribution in [0.3, 0.4) is 0 Å². The zero-order chi connectivity index (χ0) is 22.1. The molecule has 0 bridgehead atoms. The van der Waals surface area contributed by atoms with Crippen molar-refractivity contribution in [3.05, 3.63) is 77.2 Å². The Bertz CT molecular complexity index is 1180. The summed E-state index contributed by atoms with van der Waals surface area (Å²) < 4.78 is 5.21. The first-order chi connectivity index (χ1) is 15.6. The van der Waals surface area contributed by atoms with Gasteiger partial charge in [0.25, 0.3) is 5.91 Å². The number of aromatic nitrogens is 2. The minimum absolute atomic E-state index is 0.0716. The van der Waals surface area contributed by atoms with Gasteiger partial charge < -0.3 is 19.9 Å². The summed E-state index contributed by atoms with van der Waals surface area (Å²) in [7, 11) is 1.62. The highest BCUT2D eigenvalue weighted by molar-refractivity contribution is 6.04. The van der Waals surface area contributed by atoms with Crippen LogP contribution in [-0.4, -0.2) is 46.9 Å². The Morgan fingerprint density at radius 3 is 2.84 bits per heavy atom. The first kappa shape index (κ1) is 20.0. The van der Waals surface area contributed by atoms with Gasteiger partial charge in [0, 0.05) is 37.6 Å². The molecule has 32 heavy (non-hydrogen) atoms. The lowest BCUT2D eigenvalue weighted by molar-refractivity contribution is -0.117. The van der Waals surface area contributed by atoms with Crippen molar-refractivity contribution in [1.29, 1.82) is 0 Å². The highest BCUT2D eigenvalue weighted by Crippen LogP contribution is 2.31. The summed E-state index contributed by atoms with van der Waals surface area (Å²) in [4.78, 5) is 38.3. The fraction of sp³-hybridized carbons (Fsp3) is 0.250. The summed E-state index contributed by atoms with van der Waals surface area (Å²) in [5.74, 6) is 1.19. The van der Waals surface area contributed by atoms with Crippen LogP contribution in [0.1, 0.15) is 27.2 Å². The Morgan fingerprint density at radius 2 is 2.03 bits per heavy atom. The fourth-order valence-corrected chi connectivity index (χ4v) is 4.11. The molecule has 0 radical (unpaired) electrons. The molecule has 3 aromatic rings. The third-order valence-corrected chi connectivity index (χ3v) is 5.86. The molecule has 2 amide bonds. The predicted molar refractivity (Wildman–Crippen MR) is 120 cm³/mol. The van der Waals surface area contributed by atoms with Crippen molar-refractivity contribution >= 4 is 23.3 Å². The standard InChI is InChI=1S/C24H23N5O3/c1-32-19-6-4-16(5-7-19)14-29-21-11-18(12-26-23(21)27-13-22(29)30)24(31)28-10-8-20-17(15-28)3-2-9-25-20/h2-7,9,11-12H,8,10,13-15H2,1H3,(H,26,27). The molecule has 0 unspecified atom stereocenters. The molecule has 2 aliphatic rings. The van der Waals surface area contributed by atoms with E-state index in [4.69, 9.17) is 4.74 Å². The summed E-state index contributed by atoms with van der Waals surface area (Å²) in [6, 6.07) is 13.2. The lowest BCUT2D eigenvalue weighted by atomic mass is 10.0. The third kappa shape index (κ3) is 3.75. The van der Waals surface area contributed by atoms with Crippen LogP contribution >= 0.6 is 0 Å². The van der Waals surface area contributed by atoms with Crippen molar-refractivity contribution in [3.8, 4) is 5.75 Å². The number of amides is 2. The van der Waals surface area contributed by atoms with Crippen molar-refractivity contribution in [2.45, 2.75) is 19.5 Å². The second-order valence-corrected chi connectivity index (χ2v) is 7.86. The topological polar surface area (TPSA) is 87.7 Å². The largest absolute Gasteiger partial charge is 0.497 e. The zero-order valence-electron chi connectivity index (χ0n) is 17.7. The molecule has 162 valence electrons. The van der Waals surface area contributed by atoms with Crippen molar-refractivity contribution < 1.29 is 14.3 Å². The molecule has 8 nitrogen and oxygen atoms in total. The predicted octanol–water partition coefficient (Wildman–Crippen LogP) is 2.64. The second kappa shape index (κ2) is 8.30. The summed E-state index contributed by atoms with van der Waals surface area (Å²) >= 11 is 0. The van der Waals surface area contributed by atoms with Gasteiger partial charge in [-0.2, -0.15) is 0 Å². The number of nitrogens with zero attached hydrogens (tertiary/aromatic N) is 4. The fourth-order valence-electron chi connectivity index (χ4n) is 4.11. The second-order valence-electron chi connectivity index (χ2n) is 7.86. The van der Waals surface area contributed by atoms with Crippen LogP contribution in [0, 0.1) is 0 Å². The average Bonchev–Trinajstić information content (AvgIpc) is 2.85. The molecule has 0 atom stereocenters. The Balaban J connectivity index is 1.40. The molecule has 5 rings (SSSR count). The number of methoxy groups -OCH3 is 1. The normalized spacial score (nSPS) is 15.0. The molecule has 1 aromatic carbocycles. The molecule has 1 N–H and O–H groups in total. The zero-order valence-corrected chi connectivity index (χ0v) is 17.7. The number of anilines is 2. The van der Waals surface area contributed by atoms with Crippen LogP contribution in [-0.2, 0) is 24.3 Å². The van der Waals surface area contributed by atoms with Crippen LogP contribution in [0.2, 0.25) is 0 Å². The molecular formula is C24H23N5O3. The highest BCUT2D eigenvalue weighted by Gasteiger charge is 2.28. The molecule has 4 heterocycles. The van der Waals surface area contributed by atoms with Crippen LogP contribution in [0.25, 0.3) is 0 Å². The van der Waals surface area contributed by atoms with E-state index < -0.39 is 0 Å². The molecular weight excluding hydrogens is 406 g/mol. The number of hydrogen-bond donors (Lipinski definition) is 1. The molecule has 2 aromatic heterocycles. The Labute approximate surface area is 185 Å². The molecule has 0 spiro atoms. The van der Waals surface area contributed by atoms with Crippen LogP contribution in [0.5, 0.6) is 5.75 Å². The van der Waals surface area contributed by atoms with Gasteiger partial charge >= 0.3 is 0 Å². The summed E-state index contributed by atoms with van der Waals surface area (Å²) in [6.45, 7) is 1.68. The third-order valence-electron chi connectivity index (χ3n) is 5.86. The number of fused-ring (bicyclic) bond motifs is 2. The Hall–Kier alpha value is -3.94. The number of ether oxygens (including phenoxy) is 1. The van der Waals surface area contributed by atoms with Gasteiger partial charge in [-0.05, 0) is 35.4 Å². The summed E-state index contributed by atoms with van der Waals surface area (Å²) in [5, 5.41) is 3.05. The van der Waals surface area contributed by atoms with E-state index in [9.17, 15) is 9.59 Å². The van der Waals surface area contributed by atoms with Crippen LogP contribution in [0.4, 0.5) is 11.5 Å². The summed E-state index contributed by atoms with van der Waals surface area (Å²) in [6.07, 6.45) is 4.09. The van der Waals surface area contributed by atoms with Gasteiger partial charge in [0.05, 0.1) is 31.5 Å². The lowest BCUT2D eigenvalue weighted by Gasteiger charge is -2.31. The molecule has 8 heteroatoms. The average molecular weight is 429 g/mol. The molecule has 0 fully saturated rings. The molecule has 0 saturated heterocycles. The van der Waals surface area contributed by atoms with Gasteiger partial charge in [-0.1, -0.05) is 18.2 Å². The quantitative estimate of drug-likeness (QED) is 0.686. The first-order valence-corrected chi connectivity index (χ1v) is 10.5. The Kier molecular flexibility index (Phi) is 5.18. The SMILES string of the molecule is COc1ccc(CN2C(=O)CNc3ncc(C(=O)N4CCc5ncccc5C4)cc32)cc1. The van der Waals surface area contributed by atoms with Gasteiger partial charge in [-0.15, -0.1) is 0 Å². The smallest absolute Gasteiger partial charge is 0.255 e. The van der Waals surface area contributed by atoms with Gasteiger partial charge in [0.1, 0.15) is 5.75 Å². The minimum Gasteiger partial charge on any atom is -0.497 e. The maximum Gasteiger partial charge on any atom is 0.255 e. The first-order valence-electron chi connectivity index (χ1n) is 10.5. The van der Waals surface area contributed by atoms with Crippen LogP contribution < -0.4 is 15.0 Å².